The van der Waals surface area contributed by atoms with Gasteiger partial charge in [-0.25, -0.2) is 4.79 Å². The maximum atomic E-state index is 12.0. The van der Waals surface area contributed by atoms with Crippen molar-refractivity contribution in [3.8, 4) is 5.75 Å². The second-order valence-electron chi connectivity index (χ2n) is 4.05. The summed E-state index contributed by atoms with van der Waals surface area (Å²) in [6.07, 6.45) is 0. The highest BCUT2D eigenvalue weighted by atomic mass is 16.7. The van der Waals surface area contributed by atoms with Crippen LogP contribution >= 0.6 is 0 Å². The number of hydrogen-bond acceptors (Lipinski definition) is 7. The van der Waals surface area contributed by atoms with E-state index in [1.54, 1.807) is 14.0 Å². The molecule has 0 heterocycles. The fraction of sp³-hybridized carbons (Fsp3) is 0.462. The molecular formula is C13H18N2O6. The first-order valence-electron chi connectivity index (χ1n) is 6.26. The normalized spacial score (nSPS) is 10.1. The fourth-order valence-electron chi connectivity index (χ4n) is 1.90. The largest absolute Gasteiger partial charge is 0.467 e. The number of nitrogens with one attached hydrogen (secondary N) is 1. The molecule has 0 aliphatic heterocycles. The number of hydrogen-bond donors (Lipinski definition) is 1. The molecule has 1 aromatic rings. The molecular weight excluding hydrogens is 280 g/mol. The Kier molecular flexibility index (Phi) is 5.92. The minimum absolute atomic E-state index is 0.0274. The molecule has 0 spiro atoms. The topological polar surface area (TPSA) is 99.9 Å². The Balaban J connectivity index is 3.50. The van der Waals surface area contributed by atoms with Crippen molar-refractivity contribution in [2.24, 2.45) is 0 Å². The van der Waals surface area contributed by atoms with Gasteiger partial charge in [0, 0.05) is 25.8 Å². The molecule has 0 saturated carbocycles. The third-order valence-corrected chi connectivity index (χ3v) is 2.77. The number of nitrogens with zero attached hydrogens (tertiary/aromatic N) is 1. The monoisotopic (exact) mass is 298 g/mol. The lowest BCUT2D eigenvalue weighted by molar-refractivity contribution is -0.384. The smallest absolute Gasteiger partial charge is 0.342 e. The third kappa shape index (κ3) is 3.60. The predicted molar refractivity (Wildman–Crippen MR) is 75.8 cm³/mol. The van der Waals surface area contributed by atoms with E-state index in [0.717, 1.165) is 0 Å². The Morgan fingerprint density at radius 1 is 1.48 bits per heavy atom. The maximum absolute atomic E-state index is 12.0. The van der Waals surface area contributed by atoms with Gasteiger partial charge in [0.1, 0.15) is 17.0 Å². The molecule has 0 radical (unpaired) electrons. The van der Waals surface area contributed by atoms with E-state index in [9.17, 15) is 14.9 Å². The zero-order valence-corrected chi connectivity index (χ0v) is 12.4. The summed E-state index contributed by atoms with van der Waals surface area (Å²) in [5.41, 5.74) is 0.262. The second-order valence-corrected chi connectivity index (χ2v) is 4.05. The number of rotatable bonds is 7. The van der Waals surface area contributed by atoms with E-state index >= 15 is 0 Å². The van der Waals surface area contributed by atoms with E-state index in [-0.39, 0.29) is 41.7 Å². The van der Waals surface area contributed by atoms with Gasteiger partial charge in [-0.3, -0.25) is 10.1 Å². The summed E-state index contributed by atoms with van der Waals surface area (Å²) >= 11 is 0. The molecule has 116 valence electrons. The lowest BCUT2D eigenvalue weighted by Gasteiger charge is -2.15. The van der Waals surface area contributed by atoms with E-state index < -0.39 is 10.9 Å². The van der Waals surface area contributed by atoms with Gasteiger partial charge in [-0.15, -0.1) is 0 Å². The Hall–Kier alpha value is -2.35. The Morgan fingerprint density at radius 2 is 2.14 bits per heavy atom. The van der Waals surface area contributed by atoms with Crippen LogP contribution in [0.1, 0.15) is 22.8 Å². The van der Waals surface area contributed by atoms with E-state index in [4.69, 9.17) is 14.2 Å². The summed E-state index contributed by atoms with van der Waals surface area (Å²) in [5, 5.41) is 13.9. The van der Waals surface area contributed by atoms with Gasteiger partial charge in [0.25, 0.3) is 5.69 Å². The second kappa shape index (κ2) is 7.44. The van der Waals surface area contributed by atoms with Crippen LogP contribution in [0.15, 0.2) is 6.07 Å². The molecule has 0 unspecified atom stereocenters. The van der Waals surface area contributed by atoms with Crippen molar-refractivity contribution in [2.75, 3.05) is 32.9 Å². The van der Waals surface area contributed by atoms with Gasteiger partial charge >= 0.3 is 5.97 Å². The van der Waals surface area contributed by atoms with Gasteiger partial charge in [-0.2, -0.15) is 0 Å². The number of carbonyl (C=O) groups is 1. The van der Waals surface area contributed by atoms with Crippen LogP contribution < -0.4 is 10.1 Å². The van der Waals surface area contributed by atoms with Gasteiger partial charge in [-0.05, 0) is 13.8 Å². The quantitative estimate of drug-likeness (QED) is 0.356. The number of nitro groups is 1. The van der Waals surface area contributed by atoms with Crippen molar-refractivity contribution >= 4 is 17.3 Å². The summed E-state index contributed by atoms with van der Waals surface area (Å²) < 4.78 is 15.1. The first kappa shape index (κ1) is 16.7. The first-order valence-corrected chi connectivity index (χ1v) is 6.26. The predicted octanol–water partition coefficient (Wildman–Crippen LogP) is 2.10. The van der Waals surface area contributed by atoms with E-state index in [2.05, 4.69) is 5.32 Å². The number of nitro benzene ring substituents is 1. The number of anilines is 1. The minimum atomic E-state index is -0.674. The molecule has 21 heavy (non-hydrogen) atoms. The average molecular weight is 298 g/mol. The van der Waals surface area contributed by atoms with E-state index in [1.165, 1.54) is 20.1 Å². The van der Waals surface area contributed by atoms with Gasteiger partial charge in [0.2, 0.25) is 0 Å². The van der Waals surface area contributed by atoms with Crippen LogP contribution in [0.3, 0.4) is 0 Å². The summed E-state index contributed by atoms with van der Waals surface area (Å²) in [4.78, 5) is 22.7. The van der Waals surface area contributed by atoms with E-state index in [0.29, 0.717) is 0 Å². The minimum Gasteiger partial charge on any atom is -0.467 e. The van der Waals surface area contributed by atoms with Crippen LogP contribution in [-0.2, 0) is 9.47 Å². The molecule has 1 rings (SSSR count). The SMILES string of the molecule is CCOC(=O)c1c(OCOC)cc(NC)c([N+](=O)[O-])c1C. The highest BCUT2D eigenvalue weighted by Crippen LogP contribution is 2.37. The zero-order valence-electron chi connectivity index (χ0n) is 12.4. The van der Waals surface area contributed by atoms with Crippen LogP contribution in [0.2, 0.25) is 0 Å². The Morgan fingerprint density at radius 3 is 2.62 bits per heavy atom. The van der Waals surface area contributed by atoms with Gasteiger partial charge in [0.15, 0.2) is 6.79 Å². The summed E-state index contributed by atoms with van der Waals surface area (Å²) in [7, 11) is 2.98. The standard InChI is InChI=1S/C13H18N2O6/c1-5-20-13(16)11-8(2)12(15(17)18)9(14-3)6-10(11)21-7-19-4/h6,14H,5,7H2,1-4H3. The highest BCUT2D eigenvalue weighted by Gasteiger charge is 2.28. The Bertz CT molecular complexity index is 544. The van der Waals surface area contributed by atoms with Crippen LogP contribution in [0.5, 0.6) is 5.75 Å². The molecule has 1 N–H and O–H groups in total. The molecule has 0 fully saturated rings. The third-order valence-electron chi connectivity index (χ3n) is 2.77. The van der Waals surface area contributed by atoms with Crippen LogP contribution in [-0.4, -0.2) is 38.4 Å². The number of benzene rings is 1. The summed E-state index contributed by atoms with van der Waals surface area (Å²) in [6, 6.07) is 1.39. The van der Waals surface area contributed by atoms with E-state index in [1.807, 2.05) is 0 Å². The van der Waals surface area contributed by atoms with Crippen LogP contribution in [0.4, 0.5) is 11.4 Å². The molecule has 0 atom stereocenters. The molecule has 8 heteroatoms. The van der Waals surface area contributed by atoms with Crippen molar-refractivity contribution in [3.05, 3.63) is 27.3 Å². The zero-order chi connectivity index (χ0) is 16.0. The number of ether oxygens (including phenoxy) is 3. The molecule has 0 amide bonds. The van der Waals surface area contributed by atoms with Crippen molar-refractivity contribution in [2.45, 2.75) is 13.8 Å². The van der Waals surface area contributed by atoms with Crippen molar-refractivity contribution in [3.63, 3.8) is 0 Å². The first-order chi connectivity index (χ1) is 9.97. The van der Waals surface area contributed by atoms with Crippen molar-refractivity contribution in [1.82, 2.24) is 0 Å². The summed E-state index contributed by atoms with van der Waals surface area (Å²) in [6.45, 7) is 3.20. The van der Waals surface area contributed by atoms with Crippen molar-refractivity contribution in [1.29, 1.82) is 0 Å². The van der Waals surface area contributed by atoms with Crippen molar-refractivity contribution < 1.29 is 23.9 Å². The van der Waals surface area contributed by atoms with Gasteiger partial charge in [-0.1, -0.05) is 0 Å². The van der Waals surface area contributed by atoms with Gasteiger partial charge in [0.05, 0.1) is 11.5 Å². The maximum Gasteiger partial charge on any atom is 0.342 e. The highest BCUT2D eigenvalue weighted by molar-refractivity contribution is 5.97. The average Bonchev–Trinajstić information content (AvgIpc) is 2.43. The lowest BCUT2D eigenvalue weighted by Crippen LogP contribution is -2.13. The molecule has 0 aliphatic rings. The molecule has 0 bridgehead atoms. The van der Waals surface area contributed by atoms with Crippen LogP contribution in [0.25, 0.3) is 0 Å². The molecule has 0 saturated heterocycles. The molecule has 8 nitrogen and oxygen atoms in total. The number of carbonyl (C=O) groups excluding carboxylic acids is 1. The number of methoxy groups -OCH3 is 1. The molecule has 0 aromatic heterocycles. The molecule has 1 aromatic carbocycles. The lowest BCUT2D eigenvalue weighted by atomic mass is 10.0. The Labute approximate surface area is 122 Å². The van der Waals surface area contributed by atoms with Gasteiger partial charge < -0.3 is 19.5 Å². The molecule has 0 aliphatic carbocycles. The fourth-order valence-corrected chi connectivity index (χ4v) is 1.90. The van der Waals surface area contributed by atoms with Crippen LogP contribution in [0, 0.1) is 17.0 Å². The number of esters is 1. The summed E-state index contributed by atoms with van der Waals surface area (Å²) in [5.74, 6) is -0.505.